The fraction of sp³-hybridized carbons (Fsp3) is 0.0769. The summed E-state index contributed by atoms with van der Waals surface area (Å²) in [7, 11) is 0. The lowest BCUT2D eigenvalue weighted by Crippen LogP contribution is -2.10. The predicted octanol–water partition coefficient (Wildman–Crippen LogP) is 4.82. The lowest BCUT2D eigenvalue weighted by atomic mass is 10.1. The van der Waals surface area contributed by atoms with Crippen LogP contribution in [0.1, 0.15) is 5.56 Å². The largest absolute Gasteiger partial charge is 0.418 e. The summed E-state index contributed by atoms with van der Waals surface area (Å²) in [5.41, 5.74) is 3.90. The van der Waals surface area contributed by atoms with Gasteiger partial charge >= 0.3 is 6.18 Å². The van der Waals surface area contributed by atoms with Gasteiger partial charge in [0.2, 0.25) is 0 Å². The maximum atomic E-state index is 13.5. The highest BCUT2D eigenvalue weighted by Gasteiger charge is 2.33. The van der Waals surface area contributed by atoms with Crippen LogP contribution in [0, 0.1) is 5.82 Å². The number of nitrogen functional groups attached to an aromatic ring is 1. The standard InChI is InChI=1S/C13H9ClF4N2/c14-7-1-3-10(15)12(5-7)20-11-4-2-8(19)6-9(11)13(16,17)18/h1-6,20H,19H2. The van der Waals surface area contributed by atoms with E-state index in [1.165, 1.54) is 18.2 Å². The molecule has 0 saturated heterocycles. The Morgan fingerprint density at radius 3 is 2.35 bits per heavy atom. The third-order valence-corrected chi connectivity index (χ3v) is 2.78. The van der Waals surface area contributed by atoms with Crippen LogP contribution in [0.15, 0.2) is 36.4 Å². The zero-order chi connectivity index (χ0) is 14.9. The van der Waals surface area contributed by atoms with Gasteiger partial charge in [0.1, 0.15) is 5.82 Å². The smallest absolute Gasteiger partial charge is 0.399 e. The Bertz CT molecular complexity index is 641. The molecule has 0 aliphatic heterocycles. The molecule has 0 spiro atoms. The highest BCUT2D eigenvalue weighted by atomic mass is 35.5. The zero-order valence-corrected chi connectivity index (χ0v) is 10.7. The second kappa shape index (κ2) is 5.20. The molecule has 0 amide bonds. The first kappa shape index (κ1) is 14.5. The van der Waals surface area contributed by atoms with E-state index in [1.807, 2.05) is 0 Å². The molecule has 0 saturated carbocycles. The monoisotopic (exact) mass is 304 g/mol. The van der Waals surface area contributed by atoms with Crippen molar-refractivity contribution in [1.29, 1.82) is 0 Å². The van der Waals surface area contributed by atoms with Gasteiger partial charge in [-0.1, -0.05) is 11.6 Å². The van der Waals surface area contributed by atoms with Crippen LogP contribution < -0.4 is 11.1 Å². The van der Waals surface area contributed by atoms with Crippen LogP contribution in [0.3, 0.4) is 0 Å². The second-order valence-corrected chi connectivity index (χ2v) is 4.49. The van der Waals surface area contributed by atoms with E-state index >= 15 is 0 Å². The fourth-order valence-electron chi connectivity index (χ4n) is 1.64. The Balaban J connectivity index is 2.46. The molecule has 0 atom stereocenters. The molecular formula is C13H9ClF4N2. The summed E-state index contributed by atoms with van der Waals surface area (Å²) < 4.78 is 52.2. The van der Waals surface area contributed by atoms with Crippen LogP contribution in [-0.4, -0.2) is 0 Å². The first-order valence-corrected chi connectivity index (χ1v) is 5.84. The van der Waals surface area contributed by atoms with Crippen LogP contribution >= 0.6 is 11.6 Å². The molecule has 2 aromatic carbocycles. The molecular weight excluding hydrogens is 296 g/mol. The van der Waals surface area contributed by atoms with E-state index in [9.17, 15) is 17.6 Å². The van der Waals surface area contributed by atoms with Crippen molar-refractivity contribution < 1.29 is 17.6 Å². The summed E-state index contributed by atoms with van der Waals surface area (Å²) >= 11 is 5.69. The zero-order valence-electron chi connectivity index (χ0n) is 9.93. The number of anilines is 3. The van der Waals surface area contributed by atoms with Crippen LogP contribution in [0.25, 0.3) is 0 Å². The number of benzene rings is 2. The van der Waals surface area contributed by atoms with Crippen molar-refractivity contribution in [3.63, 3.8) is 0 Å². The van der Waals surface area contributed by atoms with E-state index in [0.717, 1.165) is 18.2 Å². The summed E-state index contributed by atoms with van der Waals surface area (Å²) in [6, 6.07) is 6.78. The molecule has 3 N–H and O–H groups in total. The molecule has 0 fully saturated rings. The van der Waals surface area contributed by atoms with E-state index in [-0.39, 0.29) is 22.1 Å². The molecule has 2 rings (SSSR count). The van der Waals surface area contributed by atoms with E-state index < -0.39 is 17.6 Å². The highest BCUT2D eigenvalue weighted by Crippen LogP contribution is 2.37. The Kier molecular flexibility index (Phi) is 3.76. The lowest BCUT2D eigenvalue weighted by molar-refractivity contribution is -0.136. The van der Waals surface area contributed by atoms with Gasteiger partial charge in [-0.05, 0) is 36.4 Å². The Morgan fingerprint density at radius 1 is 1.00 bits per heavy atom. The summed E-state index contributed by atoms with van der Waals surface area (Å²) in [6.07, 6.45) is -4.60. The van der Waals surface area contributed by atoms with Gasteiger partial charge in [0.05, 0.1) is 16.9 Å². The van der Waals surface area contributed by atoms with Crippen molar-refractivity contribution in [3.05, 3.63) is 52.8 Å². The quantitative estimate of drug-likeness (QED) is 0.616. The summed E-state index contributed by atoms with van der Waals surface area (Å²) in [5, 5.41) is 2.59. The molecule has 0 aliphatic carbocycles. The number of nitrogens with one attached hydrogen (secondary N) is 1. The van der Waals surface area contributed by atoms with Crippen molar-refractivity contribution in [2.45, 2.75) is 6.18 Å². The molecule has 7 heteroatoms. The number of hydrogen-bond donors (Lipinski definition) is 2. The van der Waals surface area contributed by atoms with Crippen molar-refractivity contribution in [2.24, 2.45) is 0 Å². The Labute approximate surface area is 117 Å². The van der Waals surface area contributed by atoms with Gasteiger partial charge in [-0.2, -0.15) is 13.2 Å². The van der Waals surface area contributed by atoms with Gasteiger partial charge in [-0.25, -0.2) is 4.39 Å². The molecule has 0 heterocycles. The van der Waals surface area contributed by atoms with Gasteiger partial charge < -0.3 is 11.1 Å². The van der Waals surface area contributed by atoms with Crippen LogP contribution in [0.2, 0.25) is 5.02 Å². The Hall–Kier alpha value is -1.95. The van der Waals surface area contributed by atoms with E-state index in [1.54, 1.807) is 0 Å². The fourth-order valence-corrected chi connectivity index (χ4v) is 1.82. The molecule has 0 aliphatic rings. The number of nitrogens with two attached hydrogens (primary N) is 1. The van der Waals surface area contributed by atoms with Crippen LogP contribution in [0.5, 0.6) is 0 Å². The van der Waals surface area contributed by atoms with E-state index in [4.69, 9.17) is 17.3 Å². The molecule has 20 heavy (non-hydrogen) atoms. The Morgan fingerprint density at radius 2 is 1.70 bits per heavy atom. The van der Waals surface area contributed by atoms with Gasteiger partial charge in [-0.3, -0.25) is 0 Å². The van der Waals surface area contributed by atoms with Gasteiger partial charge in [-0.15, -0.1) is 0 Å². The predicted molar refractivity (Wildman–Crippen MR) is 70.5 cm³/mol. The van der Waals surface area contributed by atoms with E-state index in [0.29, 0.717) is 0 Å². The average molecular weight is 305 g/mol. The number of alkyl halides is 3. The first-order valence-electron chi connectivity index (χ1n) is 5.46. The molecule has 2 aromatic rings. The minimum Gasteiger partial charge on any atom is -0.399 e. The summed E-state index contributed by atoms with van der Waals surface area (Å²) in [6.45, 7) is 0. The minimum absolute atomic E-state index is 0.0329. The van der Waals surface area contributed by atoms with Gasteiger partial charge in [0, 0.05) is 10.7 Å². The molecule has 2 nitrogen and oxygen atoms in total. The van der Waals surface area contributed by atoms with Crippen molar-refractivity contribution in [2.75, 3.05) is 11.1 Å². The molecule has 0 radical (unpaired) electrons. The third kappa shape index (κ3) is 3.14. The number of rotatable bonds is 2. The number of hydrogen-bond acceptors (Lipinski definition) is 2. The van der Waals surface area contributed by atoms with Crippen molar-refractivity contribution in [1.82, 2.24) is 0 Å². The summed E-state index contributed by atoms with van der Waals surface area (Å²) in [5.74, 6) is -0.709. The van der Waals surface area contributed by atoms with Crippen LogP contribution in [-0.2, 0) is 6.18 Å². The van der Waals surface area contributed by atoms with Gasteiger partial charge in [0.15, 0.2) is 0 Å². The SMILES string of the molecule is Nc1ccc(Nc2cc(Cl)ccc2F)c(C(F)(F)F)c1. The molecule has 0 unspecified atom stereocenters. The van der Waals surface area contributed by atoms with Crippen molar-refractivity contribution in [3.8, 4) is 0 Å². The molecule has 106 valence electrons. The maximum absolute atomic E-state index is 13.5. The number of halogens is 5. The normalized spacial score (nSPS) is 11.4. The molecule has 0 bridgehead atoms. The van der Waals surface area contributed by atoms with E-state index in [2.05, 4.69) is 5.32 Å². The van der Waals surface area contributed by atoms with Gasteiger partial charge in [0.25, 0.3) is 0 Å². The second-order valence-electron chi connectivity index (χ2n) is 4.05. The summed E-state index contributed by atoms with van der Waals surface area (Å²) in [4.78, 5) is 0. The van der Waals surface area contributed by atoms with Crippen LogP contribution in [0.4, 0.5) is 34.6 Å². The highest BCUT2D eigenvalue weighted by molar-refractivity contribution is 6.30. The average Bonchev–Trinajstić information content (AvgIpc) is 2.34. The van der Waals surface area contributed by atoms with Crippen molar-refractivity contribution >= 4 is 28.7 Å². The third-order valence-electron chi connectivity index (χ3n) is 2.55. The minimum atomic E-state index is -4.60. The maximum Gasteiger partial charge on any atom is 0.418 e. The lowest BCUT2D eigenvalue weighted by Gasteiger charge is -2.15. The topological polar surface area (TPSA) is 38.0 Å². The first-order chi connectivity index (χ1) is 9.27. The molecule has 0 aromatic heterocycles.